The monoisotopic (exact) mass is 283 g/mol. The van der Waals surface area contributed by atoms with Crippen LogP contribution < -0.4 is 0 Å². The number of aliphatic hydroxyl groups excluding tert-OH is 1. The minimum atomic E-state index is -0.548. The number of hydrogen-bond acceptors (Lipinski definition) is 3. The number of amides is 1. The molecule has 2 unspecified atom stereocenters. The zero-order valence-corrected chi connectivity index (χ0v) is 12.9. The molecule has 2 atom stereocenters. The molecule has 116 valence electrons. The Bertz CT molecular complexity index is 317. The average molecular weight is 283 g/mol. The summed E-state index contributed by atoms with van der Waals surface area (Å²) in [7, 11) is 0. The van der Waals surface area contributed by atoms with E-state index >= 15 is 0 Å². The normalized spacial score (nSPS) is 20.1. The molecule has 0 spiro atoms. The fourth-order valence-electron chi connectivity index (χ4n) is 2.82. The van der Waals surface area contributed by atoms with E-state index in [2.05, 4.69) is 6.92 Å². The summed E-state index contributed by atoms with van der Waals surface area (Å²) >= 11 is 0. The number of rotatable bonds is 9. The van der Waals surface area contributed by atoms with E-state index in [0.29, 0.717) is 13.0 Å². The topological polar surface area (TPSA) is 57.6 Å². The highest BCUT2D eigenvalue weighted by Gasteiger charge is 2.33. The first-order chi connectivity index (χ1) is 9.61. The van der Waals surface area contributed by atoms with Gasteiger partial charge in [0.25, 0.3) is 0 Å². The predicted molar refractivity (Wildman–Crippen MR) is 79.4 cm³/mol. The van der Waals surface area contributed by atoms with E-state index in [1.807, 2.05) is 0 Å². The third-order valence-electron chi connectivity index (χ3n) is 4.25. The predicted octanol–water partition coefficient (Wildman–Crippen LogP) is 2.54. The number of nitrogens with zero attached hydrogens (tertiary/aromatic N) is 1. The standard InChI is InChI=1S/C16H29NO3/c1-3-4-5-6-7-10-15(19)13(2)16(20)17-11-8-9-14(17)12-18/h13-14,18H,3-12H2,1-2H3. The molecule has 0 aromatic carbocycles. The highest BCUT2D eigenvalue weighted by molar-refractivity contribution is 6.01. The summed E-state index contributed by atoms with van der Waals surface area (Å²) in [6.07, 6.45) is 7.83. The van der Waals surface area contributed by atoms with Crippen molar-refractivity contribution < 1.29 is 14.7 Å². The lowest BCUT2D eigenvalue weighted by Crippen LogP contribution is -2.42. The summed E-state index contributed by atoms with van der Waals surface area (Å²) in [6, 6.07) is -0.0812. The van der Waals surface area contributed by atoms with Gasteiger partial charge in [-0.2, -0.15) is 0 Å². The lowest BCUT2D eigenvalue weighted by atomic mass is 9.98. The lowest BCUT2D eigenvalue weighted by Gasteiger charge is -2.25. The quantitative estimate of drug-likeness (QED) is 0.522. The van der Waals surface area contributed by atoms with Crippen LogP contribution in [0.4, 0.5) is 0 Å². The van der Waals surface area contributed by atoms with Gasteiger partial charge < -0.3 is 10.0 Å². The Morgan fingerprint density at radius 3 is 2.60 bits per heavy atom. The third-order valence-corrected chi connectivity index (χ3v) is 4.25. The Balaban J connectivity index is 2.34. The molecule has 0 radical (unpaired) electrons. The van der Waals surface area contributed by atoms with Gasteiger partial charge in [-0.1, -0.05) is 32.6 Å². The average Bonchev–Trinajstić information content (AvgIpc) is 2.93. The zero-order valence-electron chi connectivity index (χ0n) is 12.9. The molecule has 0 bridgehead atoms. The second kappa shape index (κ2) is 9.11. The van der Waals surface area contributed by atoms with Crippen LogP contribution in [0.25, 0.3) is 0 Å². The highest BCUT2D eigenvalue weighted by Crippen LogP contribution is 2.20. The van der Waals surface area contributed by atoms with Crippen molar-refractivity contribution >= 4 is 11.7 Å². The van der Waals surface area contributed by atoms with E-state index < -0.39 is 5.92 Å². The fourth-order valence-corrected chi connectivity index (χ4v) is 2.82. The maximum Gasteiger partial charge on any atom is 0.233 e. The van der Waals surface area contributed by atoms with Gasteiger partial charge in [-0.25, -0.2) is 0 Å². The van der Waals surface area contributed by atoms with E-state index in [4.69, 9.17) is 0 Å². The number of carbonyl (C=O) groups is 2. The van der Waals surface area contributed by atoms with E-state index in [-0.39, 0.29) is 24.3 Å². The van der Waals surface area contributed by atoms with Gasteiger partial charge in [-0.05, 0) is 26.2 Å². The highest BCUT2D eigenvalue weighted by atomic mass is 16.3. The molecule has 1 aliphatic rings. The Morgan fingerprint density at radius 2 is 1.95 bits per heavy atom. The van der Waals surface area contributed by atoms with Crippen LogP contribution in [0.15, 0.2) is 0 Å². The van der Waals surface area contributed by atoms with Crippen molar-refractivity contribution in [2.45, 2.75) is 71.3 Å². The summed E-state index contributed by atoms with van der Waals surface area (Å²) in [4.78, 5) is 26.0. The Hall–Kier alpha value is -0.900. The summed E-state index contributed by atoms with van der Waals surface area (Å²) < 4.78 is 0. The summed E-state index contributed by atoms with van der Waals surface area (Å²) in [5.74, 6) is -0.594. The number of likely N-dealkylation sites (tertiary alicyclic amines) is 1. The summed E-state index contributed by atoms with van der Waals surface area (Å²) in [6.45, 7) is 4.56. The van der Waals surface area contributed by atoms with Crippen molar-refractivity contribution in [3.05, 3.63) is 0 Å². The van der Waals surface area contributed by atoms with Gasteiger partial charge in [0.2, 0.25) is 5.91 Å². The number of hydrogen-bond donors (Lipinski definition) is 1. The van der Waals surface area contributed by atoms with Gasteiger partial charge in [-0.15, -0.1) is 0 Å². The molecular formula is C16H29NO3. The minimum Gasteiger partial charge on any atom is -0.394 e. The van der Waals surface area contributed by atoms with Crippen LogP contribution in [0, 0.1) is 5.92 Å². The van der Waals surface area contributed by atoms with Crippen LogP contribution >= 0.6 is 0 Å². The molecule has 0 aromatic rings. The largest absolute Gasteiger partial charge is 0.394 e. The zero-order chi connectivity index (χ0) is 15.0. The first-order valence-electron chi connectivity index (χ1n) is 8.05. The Labute approximate surface area is 122 Å². The molecule has 1 N–H and O–H groups in total. The molecule has 20 heavy (non-hydrogen) atoms. The van der Waals surface area contributed by atoms with Crippen molar-refractivity contribution in [1.82, 2.24) is 4.90 Å². The van der Waals surface area contributed by atoms with Crippen LogP contribution in [0.1, 0.15) is 65.2 Å². The van der Waals surface area contributed by atoms with Gasteiger partial charge in [0.15, 0.2) is 0 Å². The van der Waals surface area contributed by atoms with Crippen LogP contribution in [0.5, 0.6) is 0 Å². The molecule has 1 rings (SSSR count). The first-order valence-corrected chi connectivity index (χ1v) is 8.05. The number of aliphatic hydroxyl groups is 1. The molecule has 1 heterocycles. The Morgan fingerprint density at radius 1 is 1.25 bits per heavy atom. The summed E-state index contributed by atoms with van der Waals surface area (Å²) in [5, 5.41) is 9.25. The van der Waals surface area contributed by atoms with Crippen molar-refractivity contribution in [2.24, 2.45) is 5.92 Å². The van der Waals surface area contributed by atoms with Gasteiger partial charge in [-0.3, -0.25) is 9.59 Å². The molecule has 1 aliphatic heterocycles. The molecular weight excluding hydrogens is 254 g/mol. The molecule has 4 heteroatoms. The number of unbranched alkanes of at least 4 members (excludes halogenated alkanes) is 4. The molecule has 4 nitrogen and oxygen atoms in total. The fraction of sp³-hybridized carbons (Fsp3) is 0.875. The number of ketones is 1. The molecule has 1 amide bonds. The molecule has 0 saturated carbocycles. The van der Waals surface area contributed by atoms with E-state index in [0.717, 1.165) is 25.7 Å². The molecule has 1 saturated heterocycles. The van der Waals surface area contributed by atoms with Crippen molar-refractivity contribution in [3.8, 4) is 0 Å². The van der Waals surface area contributed by atoms with E-state index in [1.54, 1.807) is 11.8 Å². The second-order valence-electron chi connectivity index (χ2n) is 5.86. The van der Waals surface area contributed by atoms with Crippen molar-refractivity contribution in [1.29, 1.82) is 0 Å². The van der Waals surface area contributed by atoms with Gasteiger partial charge in [0.05, 0.1) is 18.6 Å². The lowest BCUT2D eigenvalue weighted by molar-refractivity contribution is -0.141. The minimum absolute atomic E-state index is 0.00364. The summed E-state index contributed by atoms with van der Waals surface area (Å²) in [5.41, 5.74) is 0. The molecule has 0 aliphatic carbocycles. The maximum absolute atomic E-state index is 12.3. The van der Waals surface area contributed by atoms with Crippen molar-refractivity contribution in [3.63, 3.8) is 0 Å². The van der Waals surface area contributed by atoms with Gasteiger partial charge >= 0.3 is 0 Å². The Kier molecular flexibility index (Phi) is 7.82. The second-order valence-corrected chi connectivity index (χ2v) is 5.86. The van der Waals surface area contributed by atoms with Crippen molar-refractivity contribution in [2.75, 3.05) is 13.2 Å². The third kappa shape index (κ3) is 4.89. The number of carbonyl (C=O) groups excluding carboxylic acids is 2. The van der Waals surface area contributed by atoms with Crippen LogP contribution in [-0.2, 0) is 9.59 Å². The van der Waals surface area contributed by atoms with E-state index in [1.165, 1.54) is 19.3 Å². The van der Waals surface area contributed by atoms with Gasteiger partial charge in [0, 0.05) is 13.0 Å². The number of Topliss-reactive ketones (excluding diaryl/α,β-unsaturated/α-hetero) is 1. The van der Waals surface area contributed by atoms with Crippen LogP contribution in [0.2, 0.25) is 0 Å². The van der Waals surface area contributed by atoms with Crippen LogP contribution in [-0.4, -0.2) is 40.9 Å². The maximum atomic E-state index is 12.3. The van der Waals surface area contributed by atoms with Crippen LogP contribution in [0.3, 0.4) is 0 Å². The molecule has 1 fully saturated rings. The molecule has 0 aromatic heterocycles. The smallest absolute Gasteiger partial charge is 0.233 e. The first kappa shape index (κ1) is 17.2. The SMILES string of the molecule is CCCCCCCC(=O)C(C)C(=O)N1CCCC1CO. The van der Waals surface area contributed by atoms with E-state index in [9.17, 15) is 14.7 Å². The van der Waals surface area contributed by atoms with Gasteiger partial charge in [0.1, 0.15) is 5.78 Å².